The molecule has 4 rings (SSSR count). The minimum atomic E-state index is -0.130. The topological polar surface area (TPSA) is 68.0 Å². The summed E-state index contributed by atoms with van der Waals surface area (Å²) in [6.07, 6.45) is 4.47. The summed E-state index contributed by atoms with van der Waals surface area (Å²) >= 11 is 1.39. The highest BCUT2D eigenvalue weighted by molar-refractivity contribution is 7.21. The smallest absolute Gasteiger partial charge is 0.264 e. The van der Waals surface area contributed by atoms with Gasteiger partial charge in [-0.05, 0) is 49.8 Å². The van der Waals surface area contributed by atoms with Gasteiger partial charge < -0.3 is 11.1 Å². The maximum absolute atomic E-state index is 12.7. The van der Waals surface area contributed by atoms with E-state index in [0.29, 0.717) is 10.6 Å². The summed E-state index contributed by atoms with van der Waals surface area (Å²) in [4.78, 5) is 18.9. The first kappa shape index (κ1) is 16.1. The number of rotatable bonds is 3. The molecule has 0 fully saturated rings. The Hall–Kier alpha value is -2.40. The number of carbonyl (C=O) groups is 1. The van der Waals surface area contributed by atoms with Crippen LogP contribution in [0.3, 0.4) is 0 Å². The molecule has 128 valence electrons. The summed E-state index contributed by atoms with van der Waals surface area (Å²) in [6.45, 7) is 1.98. The van der Waals surface area contributed by atoms with E-state index in [2.05, 4.69) is 11.4 Å². The summed E-state index contributed by atoms with van der Waals surface area (Å²) < 4.78 is 0. The van der Waals surface area contributed by atoms with Crippen molar-refractivity contribution in [3.63, 3.8) is 0 Å². The van der Waals surface area contributed by atoms with Crippen molar-refractivity contribution in [2.45, 2.75) is 38.6 Å². The van der Waals surface area contributed by atoms with Crippen molar-refractivity contribution in [1.82, 2.24) is 10.3 Å². The number of nitrogens with one attached hydrogen (secondary N) is 1. The van der Waals surface area contributed by atoms with Gasteiger partial charge in [0.25, 0.3) is 5.91 Å². The fourth-order valence-corrected chi connectivity index (χ4v) is 4.41. The van der Waals surface area contributed by atoms with Gasteiger partial charge in [-0.3, -0.25) is 4.79 Å². The third kappa shape index (κ3) is 3.00. The Bertz CT molecular complexity index is 933. The molecular formula is C20H21N3OS. The molecule has 1 amide bonds. The van der Waals surface area contributed by atoms with Crippen LogP contribution in [-0.4, -0.2) is 10.9 Å². The zero-order chi connectivity index (χ0) is 17.4. The Morgan fingerprint density at radius 1 is 1.24 bits per heavy atom. The SMILES string of the molecule is CC(NC(=O)c1sc2nc3c(cc2c1N)CCCC3)c1ccccc1. The van der Waals surface area contributed by atoms with Gasteiger partial charge in [0, 0.05) is 11.1 Å². The van der Waals surface area contributed by atoms with Crippen LogP contribution in [0.15, 0.2) is 36.4 Å². The number of nitrogens with two attached hydrogens (primary N) is 1. The van der Waals surface area contributed by atoms with Gasteiger partial charge in [-0.2, -0.15) is 0 Å². The van der Waals surface area contributed by atoms with Crippen molar-refractivity contribution in [2.75, 3.05) is 5.73 Å². The van der Waals surface area contributed by atoms with Crippen LogP contribution in [0, 0.1) is 0 Å². The van der Waals surface area contributed by atoms with Crippen molar-refractivity contribution < 1.29 is 4.79 Å². The second kappa shape index (κ2) is 6.48. The van der Waals surface area contributed by atoms with E-state index in [9.17, 15) is 4.79 Å². The molecule has 2 heterocycles. The van der Waals surface area contributed by atoms with E-state index in [1.807, 2.05) is 37.3 Å². The number of nitrogens with zero attached hydrogens (tertiary/aromatic N) is 1. The Morgan fingerprint density at radius 2 is 2.00 bits per heavy atom. The molecule has 0 aliphatic heterocycles. The molecular weight excluding hydrogens is 330 g/mol. The Labute approximate surface area is 151 Å². The molecule has 1 aliphatic carbocycles. The standard InChI is InChI=1S/C20H21N3OS/c1-12(13-7-3-2-4-8-13)22-19(24)18-17(21)15-11-14-9-5-6-10-16(14)23-20(15)25-18/h2-4,7-8,11-12H,5-6,9-10,21H2,1H3,(H,22,24). The van der Waals surface area contributed by atoms with Crippen molar-refractivity contribution >= 4 is 33.1 Å². The highest BCUT2D eigenvalue weighted by Crippen LogP contribution is 2.35. The van der Waals surface area contributed by atoms with Crippen LogP contribution in [0.4, 0.5) is 5.69 Å². The molecule has 4 nitrogen and oxygen atoms in total. The van der Waals surface area contributed by atoms with Gasteiger partial charge in [0.15, 0.2) is 0 Å². The van der Waals surface area contributed by atoms with E-state index >= 15 is 0 Å². The minimum Gasteiger partial charge on any atom is -0.397 e. The Balaban J connectivity index is 1.64. The maximum atomic E-state index is 12.7. The third-order valence-electron chi connectivity index (χ3n) is 4.85. The molecule has 3 aromatic rings. The van der Waals surface area contributed by atoms with E-state index in [4.69, 9.17) is 10.7 Å². The number of hydrogen-bond donors (Lipinski definition) is 2. The molecule has 0 spiro atoms. The van der Waals surface area contributed by atoms with Gasteiger partial charge in [0.2, 0.25) is 0 Å². The van der Waals surface area contributed by atoms with Crippen LogP contribution in [0.25, 0.3) is 10.2 Å². The second-order valence-corrected chi connectivity index (χ2v) is 7.60. The second-order valence-electron chi connectivity index (χ2n) is 6.60. The van der Waals surface area contributed by atoms with Crippen LogP contribution in [0.5, 0.6) is 0 Å². The Morgan fingerprint density at radius 3 is 2.80 bits per heavy atom. The van der Waals surface area contributed by atoms with Crippen LogP contribution in [0.1, 0.15) is 52.3 Å². The zero-order valence-corrected chi connectivity index (χ0v) is 15.0. The molecule has 0 bridgehead atoms. The average Bonchev–Trinajstić information content (AvgIpc) is 2.96. The molecule has 1 unspecified atom stereocenters. The number of thiophene rings is 1. The predicted octanol–water partition coefficient (Wildman–Crippen LogP) is 4.25. The Kier molecular flexibility index (Phi) is 4.17. The number of amides is 1. The third-order valence-corrected chi connectivity index (χ3v) is 5.97. The van der Waals surface area contributed by atoms with Crippen molar-refractivity contribution in [1.29, 1.82) is 0 Å². The molecule has 3 N–H and O–H groups in total. The quantitative estimate of drug-likeness (QED) is 0.741. The van der Waals surface area contributed by atoms with Gasteiger partial charge in [-0.25, -0.2) is 4.98 Å². The van der Waals surface area contributed by atoms with E-state index in [1.165, 1.54) is 35.4 Å². The van der Waals surface area contributed by atoms with Crippen LogP contribution >= 0.6 is 11.3 Å². The number of pyridine rings is 1. The van der Waals surface area contributed by atoms with E-state index < -0.39 is 0 Å². The first-order valence-corrected chi connectivity index (χ1v) is 9.51. The lowest BCUT2D eigenvalue weighted by Gasteiger charge is -2.14. The number of aryl methyl sites for hydroxylation is 2. The van der Waals surface area contributed by atoms with Crippen LogP contribution in [0.2, 0.25) is 0 Å². The van der Waals surface area contributed by atoms with Gasteiger partial charge in [0.05, 0.1) is 11.7 Å². The van der Waals surface area contributed by atoms with Gasteiger partial charge in [-0.15, -0.1) is 11.3 Å². The number of benzene rings is 1. The first-order chi connectivity index (χ1) is 12.1. The summed E-state index contributed by atoms with van der Waals surface area (Å²) in [7, 11) is 0. The lowest BCUT2D eigenvalue weighted by Crippen LogP contribution is -2.26. The van der Waals surface area contributed by atoms with Gasteiger partial charge >= 0.3 is 0 Å². The number of anilines is 1. The van der Waals surface area contributed by atoms with E-state index in [-0.39, 0.29) is 11.9 Å². The van der Waals surface area contributed by atoms with Crippen molar-refractivity contribution in [3.8, 4) is 0 Å². The largest absolute Gasteiger partial charge is 0.397 e. The number of aromatic nitrogens is 1. The highest BCUT2D eigenvalue weighted by atomic mass is 32.1. The molecule has 0 saturated carbocycles. The minimum absolute atomic E-state index is 0.0699. The number of hydrogen-bond acceptors (Lipinski definition) is 4. The molecule has 1 aliphatic rings. The fraction of sp³-hybridized carbons (Fsp3) is 0.300. The number of nitrogen functional groups attached to an aromatic ring is 1. The normalized spacial score (nSPS) is 14.9. The first-order valence-electron chi connectivity index (χ1n) is 8.70. The monoisotopic (exact) mass is 351 g/mol. The molecule has 1 aromatic carbocycles. The predicted molar refractivity (Wildman–Crippen MR) is 103 cm³/mol. The molecule has 2 aromatic heterocycles. The molecule has 0 radical (unpaired) electrons. The fourth-order valence-electron chi connectivity index (χ4n) is 3.42. The molecule has 25 heavy (non-hydrogen) atoms. The summed E-state index contributed by atoms with van der Waals surface area (Å²) in [5.74, 6) is -0.130. The number of carbonyl (C=O) groups excluding carboxylic acids is 1. The number of fused-ring (bicyclic) bond motifs is 2. The maximum Gasteiger partial charge on any atom is 0.264 e. The van der Waals surface area contributed by atoms with Crippen LogP contribution < -0.4 is 11.1 Å². The van der Waals surface area contributed by atoms with Crippen LogP contribution in [-0.2, 0) is 12.8 Å². The lowest BCUT2D eigenvalue weighted by atomic mass is 9.95. The average molecular weight is 351 g/mol. The van der Waals surface area contributed by atoms with Crippen molar-refractivity contribution in [2.24, 2.45) is 0 Å². The molecule has 0 saturated heterocycles. The summed E-state index contributed by atoms with van der Waals surface area (Å²) in [5, 5.41) is 3.97. The van der Waals surface area contributed by atoms with Gasteiger partial charge in [-0.1, -0.05) is 30.3 Å². The summed E-state index contributed by atoms with van der Waals surface area (Å²) in [6, 6.07) is 12.0. The van der Waals surface area contributed by atoms with E-state index in [1.54, 1.807) is 0 Å². The molecule has 1 atom stereocenters. The highest BCUT2D eigenvalue weighted by Gasteiger charge is 2.21. The van der Waals surface area contributed by atoms with Crippen molar-refractivity contribution in [3.05, 3.63) is 58.1 Å². The zero-order valence-electron chi connectivity index (χ0n) is 14.2. The summed E-state index contributed by atoms with van der Waals surface area (Å²) in [5.41, 5.74) is 10.4. The van der Waals surface area contributed by atoms with E-state index in [0.717, 1.165) is 28.6 Å². The van der Waals surface area contributed by atoms with Gasteiger partial charge in [0.1, 0.15) is 9.71 Å². The lowest BCUT2D eigenvalue weighted by molar-refractivity contribution is 0.0945. The molecule has 5 heteroatoms.